The van der Waals surface area contributed by atoms with E-state index in [-0.39, 0.29) is 12.6 Å². The molecule has 4 aromatic rings. The second kappa shape index (κ2) is 9.29. The predicted octanol–water partition coefficient (Wildman–Crippen LogP) is 6.03. The maximum absolute atomic E-state index is 12.3. The number of carbonyl (C=O) groups is 1. The van der Waals surface area contributed by atoms with Crippen molar-refractivity contribution in [1.29, 1.82) is 0 Å². The first-order valence-corrected chi connectivity index (χ1v) is 11.5. The highest BCUT2D eigenvalue weighted by Gasteiger charge is 2.14. The van der Waals surface area contributed by atoms with E-state index in [2.05, 4.69) is 42.4 Å². The van der Waals surface area contributed by atoms with Crippen molar-refractivity contribution in [2.45, 2.75) is 6.61 Å². The minimum absolute atomic E-state index is 0.189. The van der Waals surface area contributed by atoms with E-state index in [0.29, 0.717) is 17.9 Å². The molecule has 0 atom stereocenters. The number of nitrogens with zero attached hydrogens (tertiary/aromatic N) is 1. The minimum atomic E-state index is -0.429. The van der Waals surface area contributed by atoms with Crippen LogP contribution in [-0.2, 0) is 6.61 Å². The summed E-state index contributed by atoms with van der Waals surface area (Å²) in [7, 11) is 0. The fourth-order valence-corrected chi connectivity index (χ4v) is 4.14. The number of benzene rings is 3. The summed E-state index contributed by atoms with van der Waals surface area (Å²) in [5.41, 5.74) is 4.87. The molecule has 5 rings (SSSR count). The highest BCUT2D eigenvalue weighted by molar-refractivity contribution is 9.10. The smallest absolute Gasteiger partial charge is 0.307 e. The number of rotatable bonds is 6. The minimum Gasteiger partial charge on any atom is -0.488 e. The summed E-state index contributed by atoms with van der Waals surface area (Å²) < 4.78 is 23.9. The van der Waals surface area contributed by atoms with Gasteiger partial charge < -0.3 is 18.6 Å². The third-order valence-electron chi connectivity index (χ3n) is 4.87. The van der Waals surface area contributed by atoms with E-state index in [4.69, 9.17) is 18.6 Å². The molecule has 0 bridgehead atoms. The largest absolute Gasteiger partial charge is 0.488 e. The van der Waals surface area contributed by atoms with Gasteiger partial charge in [-0.05, 0) is 81.7 Å². The molecule has 0 aliphatic carbocycles. The molecule has 0 radical (unpaired) electrons. The Hall–Kier alpha value is -3.30. The molecule has 1 amide bonds. The molecule has 9 heteroatoms. The molecule has 0 unspecified atom stereocenters. The number of fused-ring (bicyclic) bond motifs is 2. The molecule has 0 fully saturated rings. The summed E-state index contributed by atoms with van der Waals surface area (Å²) in [6.45, 7) is 0.623. The molecule has 1 aromatic heterocycles. The van der Waals surface area contributed by atoms with Crippen molar-refractivity contribution in [2.24, 2.45) is 5.10 Å². The molecule has 0 spiro atoms. The molecule has 1 aliphatic heterocycles. The molecular formula is C24H16Br2N2O5. The summed E-state index contributed by atoms with van der Waals surface area (Å²) in [6.07, 6.45) is 1.55. The Labute approximate surface area is 205 Å². The SMILES string of the molecule is O=C(N/N=C/c1ccc(OCc2ccc3c(c2)OCO3)c(Br)c1)c1cc2cc(Br)ccc2o1. The first kappa shape index (κ1) is 21.5. The van der Waals surface area contributed by atoms with Gasteiger partial charge in [-0.15, -0.1) is 0 Å². The topological polar surface area (TPSA) is 82.3 Å². The van der Waals surface area contributed by atoms with Gasteiger partial charge in [-0.3, -0.25) is 4.79 Å². The molecule has 0 saturated heterocycles. The molecule has 1 N–H and O–H groups in total. The van der Waals surface area contributed by atoms with Gasteiger partial charge in [-0.2, -0.15) is 5.10 Å². The van der Waals surface area contributed by atoms with Gasteiger partial charge in [0.25, 0.3) is 0 Å². The van der Waals surface area contributed by atoms with Gasteiger partial charge in [-0.25, -0.2) is 5.43 Å². The molecule has 0 saturated carbocycles. The molecular weight excluding hydrogens is 556 g/mol. The van der Waals surface area contributed by atoms with Crippen LogP contribution < -0.4 is 19.6 Å². The average molecular weight is 572 g/mol. The summed E-state index contributed by atoms with van der Waals surface area (Å²) in [5, 5.41) is 4.85. The molecule has 33 heavy (non-hydrogen) atoms. The van der Waals surface area contributed by atoms with Crippen LogP contribution in [0.1, 0.15) is 21.7 Å². The van der Waals surface area contributed by atoms with Gasteiger partial charge in [0.15, 0.2) is 17.3 Å². The summed E-state index contributed by atoms with van der Waals surface area (Å²) in [5.74, 6) is 1.90. The fourth-order valence-electron chi connectivity index (χ4n) is 3.25. The van der Waals surface area contributed by atoms with E-state index < -0.39 is 5.91 Å². The van der Waals surface area contributed by atoms with Crippen LogP contribution in [0.2, 0.25) is 0 Å². The first-order chi connectivity index (χ1) is 16.0. The number of furan rings is 1. The summed E-state index contributed by atoms with van der Waals surface area (Å²) in [6, 6.07) is 18.4. The highest BCUT2D eigenvalue weighted by Crippen LogP contribution is 2.33. The maximum Gasteiger partial charge on any atom is 0.307 e. The molecule has 3 aromatic carbocycles. The van der Waals surface area contributed by atoms with Gasteiger partial charge in [0, 0.05) is 9.86 Å². The van der Waals surface area contributed by atoms with Gasteiger partial charge in [0.05, 0.1) is 10.7 Å². The Morgan fingerprint density at radius 3 is 2.79 bits per heavy atom. The lowest BCUT2D eigenvalue weighted by atomic mass is 10.2. The standard InChI is InChI=1S/C24H16Br2N2O5/c25-17-3-6-19-16(9-17)10-23(33-19)24(29)28-27-11-14-1-4-20(18(26)7-14)30-12-15-2-5-21-22(8-15)32-13-31-21/h1-11H,12-13H2,(H,28,29)/b27-11+. The third kappa shape index (κ3) is 4.89. The van der Waals surface area contributed by atoms with Crippen molar-refractivity contribution in [2.75, 3.05) is 6.79 Å². The zero-order valence-corrected chi connectivity index (χ0v) is 20.2. The quantitative estimate of drug-likeness (QED) is 0.226. The van der Waals surface area contributed by atoms with E-state index >= 15 is 0 Å². The lowest BCUT2D eigenvalue weighted by Gasteiger charge is -2.09. The number of hydrogen-bond donors (Lipinski definition) is 1. The summed E-state index contributed by atoms with van der Waals surface area (Å²) in [4.78, 5) is 12.3. The molecule has 166 valence electrons. The van der Waals surface area contributed by atoms with E-state index in [9.17, 15) is 4.79 Å². The Morgan fingerprint density at radius 1 is 1.03 bits per heavy atom. The van der Waals surface area contributed by atoms with Gasteiger partial charge >= 0.3 is 5.91 Å². The monoisotopic (exact) mass is 570 g/mol. The average Bonchev–Trinajstić information content (AvgIpc) is 3.44. The van der Waals surface area contributed by atoms with Crippen LogP contribution in [-0.4, -0.2) is 18.9 Å². The van der Waals surface area contributed by atoms with Crippen LogP contribution in [0.15, 0.2) is 79.1 Å². The van der Waals surface area contributed by atoms with E-state index in [1.54, 1.807) is 18.3 Å². The number of hydrogen-bond acceptors (Lipinski definition) is 6. The lowest BCUT2D eigenvalue weighted by Crippen LogP contribution is -2.16. The van der Waals surface area contributed by atoms with Gasteiger partial charge in [-0.1, -0.05) is 22.0 Å². The van der Waals surface area contributed by atoms with Crippen molar-refractivity contribution >= 4 is 55.0 Å². The van der Waals surface area contributed by atoms with Crippen LogP contribution in [0.4, 0.5) is 0 Å². The van der Waals surface area contributed by atoms with E-state index in [0.717, 1.165) is 37.0 Å². The number of carbonyl (C=O) groups excluding carboxylic acids is 1. The van der Waals surface area contributed by atoms with Crippen molar-refractivity contribution < 1.29 is 23.4 Å². The highest BCUT2D eigenvalue weighted by atomic mass is 79.9. The predicted molar refractivity (Wildman–Crippen MR) is 130 cm³/mol. The van der Waals surface area contributed by atoms with E-state index in [1.165, 1.54) is 0 Å². The molecule has 1 aliphatic rings. The number of halogens is 2. The first-order valence-electron chi connectivity index (χ1n) is 9.88. The Morgan fingerprint density at radius 2 is 1.91 bits per heavy atom. The molecule has 7 nitrogen and oxygen atoms in total. The normalized spacial score (nSPS) is 12.4. The number of hydrazone groups is 1. The number of amides is 1. The van der Waals surface area contributed by atoms with Gasteiger partial charge in [0.2, 0.25) is 6.79 Å². The fraction of sp³-hybridized carbons (Fsp3) is 0.0833. The van der Waals surface area contributed by atoms with Crippen molar-refractivity contribution in [3.05, 3.63) is 86.5 Å². The zero-order valence-electron chi connectivity index (χ0n) is 17.0. The van der Waals surface area contributed by atoms with Crippen molar-refractivity contribution in [3.8, 4) is 17.2 Å². The van der Waals surface area contributed by atoms with Crippen LogP contribution in [0.3, 0.4) is 0 Å². The Balaban J connectivity index is 1.19. The summed E-state index contributed by atoms with van der Waals surface area (Å²) >= 11 is 6.92. The van der Waals surface area contributed by atoms with Crippen LogP contribution in [0.25, 0.3) is 11.0 Å². The maximum atomic E-state index is 12.3. The van der Waals surface area contributed by atoms with Crippen LogP contribution in [0.5, 0.6) is 17.2 Å². The zero-order chi connectivity index (χ0) is 22.8. The Kier molecular flexibility index (Phi) is 6.06. The second-order valence-electron chi connectivity index (χ2n) is 7.16. The van der Waals surface area contributed by atoms with E-state index in [1.807, 2.05) is 48.5 Å². The number of nitrogens with one attached hydrogen (secondary N) is 1. The van der Waals surface area contributed by atoms with Crippen LogP contribution in [0, 0.1) is 0 Å². The molecule has 2 heterocycles. The second-order valence-corrected chi connectivity index (χ2v) is 8.93. The van der Waals surface area contributed by atoms with Crippen molar-refractivity contribution in [3.63, 3.8) is 0 Å². The van der Waals surface area contributed by atoms with Gasteiger partial charge in [0.1, 0.15) is 17.9 Å². The lowest BCUT2D eigenvalue weighted by molar-refractivity contribution is 0.0929. The van der Waals surface area contributed by atoms with Crippen LogP contribution >= 0.6 is 31.9 Å². The number of ether oxygens (including phenoxy) is 3. The Bertz CT molecular complexity index is 1380. The third-order valence-corrected chi connectivity index (χ3v) is 5.98. The van der Waals surface area contributed by atoms with Crippen molar-refractivity contribution in [1.82, 2.24) is 5.43 Å².